The Kier molecular flexibility index (Phi) is 12.8. The molecule has 0 aromatic heterocycles. The zero-order valence-corrected chi connectivity index (χ0v) is 10.4. The zero-order chi connectivity index (χ0) is 11.4. The molecule has 6 heteroatoms. The van der Waals surface area contributed by atoms with Gasteiger partial charge >= 0.3 is 0 Å². The molecule has 4 nitrogen and oxygen atoms in total. The van der Waals surface area contributed by atoms with Gasteiger partial charge in [0.2, 0.25) is 0 Å². The predicted molar refractivity (Wildman–Crippen MR) is 59.1 cm³/mol. The summed E-state index contributed by atoms with van der Waals surface area (Å²) < 4.78 is 5.34. The molecule has 0 radical (unpaired) electrons. The van der Waals surface area contributed by atoms with Crippen molar-refractivity contribution in [1.82, 2.24) is 0 Å². The second kappa shape index (κ2) is 12.5. The molecule has 0 N–H and O–H groups in total. The minimum atomic E-state index is -0.0372. The van der Waals surface area contributed by atoms with Crippen LogP contribution in [-0.2, 0) is 19.6 Å². The largest absolute Gasteiger partial charge is 0.376 e. The molecular weight excluding hydrogens is 243 g/mol. The first kappa shape index (κ1) is 15.4. The lowest BCUT2D eigenvalue weighted by molar-refractivity contribution is -0.515. The molecule has 0 saturated carbocycles. The van der Waals surface area contributed by atoms with Crippen LogP contribution in [0.4, 0.5) is 0 Å². The minimum absolute atomic E-state index is 0.0372. The maximum atomic E-state index is 5.49. The van der Waals surface area contributed by atoms with E-state index in [-0.39, 0.29) is 6.10 Å². The van der Waals surface area contributed by atoms with Gasteiger partial charge in [-0.25, -0.2) is 9.78 Å². The summed E-state index contributed by atoms with van der Waals surface area (Å²) in [5.41, 5.74) is 0. The molecule has 0 aromatic carbocycles. The van der Waals surface area contributed by atoms with E-state index in [0.29, 0.717) is 31.6 Å². The molecule has 0 aliphatic carbocycles. The summed E-state index contributed by atoms with van der Waals surface area (Å²) in [5, 5.41) is 4.45. The highest BCUT2D eigenvalue weighted by atomic mass is 35.5. The van der Waals surface area contributed by atoms with E-state index < -0.39 is 0 Å². The lowest BCUT2D eigenvalue weighted by Gasteiger charge is -2.11. The lowest BCUT2D eigenvalue weighted by atomic mass is 10.4. The van der Waals surface area contributed by atoms with E-state index in [1.807, 2.05) is 6.92 Å². The first-order valence-electron chi connectivity index (χ1n) is 4.96. The van der Waals surface area contributed by atoms with Crippen LogP contribution in [0.15, 0.2) is 0 Å². The smallest absolute Gasteiger partial charge is 0.111 e. The van der Waals surface area contributed by atoms with Gasteiger partial charge in [0, 0.05) is 18.4 Å². The van der Waals surface area contributed by atoms with Crippen LogP contribution in [0.2, 0.25) is 0 Å². The third kappa shape index (κ3) is 12.4. The molecule has 0 bridgehead atoms. The molecule has 0 fully saturated rings. The summed E-state index contributed by atoms with van der Waals surface area (Å²) in [5.74, 6) is 1.15. The van der Waals surface area contributed by atoms with Gasteiger partial charge in [-0.3, -0.25) is 0 Å². The van der Waals surface area contributed by atoms with Crippen LogP contribution in [0, 0.1) is 0 Å². The van der Waals surface area contributed by atoms with E-state index in [1.54, 1.807) is 0 Å². The fraction of sp³-hybridized carbons (Fsp3) is 1.00. The molecule has 0 aliphatic rings. The third-order valence-corrected chi connectivity index (χ3v) is 1.98. The average Bonchev–Trinajstić information content (AvgIpc) is 2.23. The second-order valence-electron chi connectivity index (χ2n) is 2.94. The van der Waals surface area contributed by atoms with Crippen LogP contribution in [0.3, 0.4) is 0 Å². The molecule has 0 rings (SSSR count). The van der Waals surface area contributed by atoms with Crippen LogP contribution >= 0.6 is 23.2 Å². The Labute approximate surface area is 101 Å². The first-order valence-corrected chi connectivity index (χ1v) is 6.02. The van der Waals surface area contributed by atoms with Gasteiger partial charge in [-0.2, -0.15) is 0 Å². The molecule has 0 aliphatic heterocycles. The van der Waals surface area contributed by atoms with Gasteiger partial charge < -0.3 is 4.74 Å². The van der Waals surface area contributed by atoms with Crippen LogP contribution in [0.5, 0.6) is 0 Å². The topological polar surface area (TPSA) is 36.9 Å². The molecule has 0 spiro atoms. The quantitative estimate of drug-likeness (QED) is 0.248. The molecule has 1 atom stereocenters. The normalized spacial score (nSPS) is 13.0. The SMILES string of the molecule is CC(COOOCCCCl)OCCCCl. The maximum Gasteiger partial charge on any atom is 0.111 e. The molecule has 92 valence electrons. The summed E-state index contributed by atoms with van der Waals surface area (Å²) >= 11 is 10.9. The summed E-state index contributed by atoms with van der Waals surface area (Å²) in [6, 6.07) is 0. The van der Waals surface area contributed by atoms with Crippen LogP contribution in [0.1, 0.15) is 19.8 Å². The van der Waals surface area contributed by atoms with Gasteiger partial charge in [-0.1, -0.05) is 5.04 Å². The van der Waals surface area contributed by atoms with Gasteiger partial charge in [0.15, 0.2) is 0 Å². The average molecular weight is 261 g/mol. The maximum absolute atomic E-state index is 5.49. The summed E-state index contributed by atoms with van der Waals surface area (Å²) in [7, 11) is 0. The fourth-order valence-electron chi connectivity index (χ4n) is 0.692. The Morgan fingerprint density at radius 1 is 1.00 bits per heavy atom. The van der Waals surface area contributed by atoms with Crippen LogP contribution in [0.25, 0.3) is 0 Å². The number of halogens is 2. The van der Waals surface area contributed by atoms with Crippen molar-refractivity contribution in [2.75, 3.05) is 31.6 Å². The lowest BCUT2D eigenvalue weighted by Crippen LogP contribution is -2.17. The Morgan fingerprint density at radius 3 is 2.33 bits per heavy atom. The molecule has 0 aromatic rings. The van der Waals surface area contributed by atoms with Crippen molar-refractivity contribution >= 4 is 23.2 Å². The highest BCUT2D eigenvalue weighted by Crippen LogP contribution is 1.96. The van der Waals surface area contributed by atoms with Crippen molar-refractivity contribution in [2.45, 2.75) is 25.9 Å². The van der Waals surface area contributed by atoms with E-state index >= 15 is 0 Å². The van der Waals surface area contributed by atoms with Crippen molar-refractivity contribution in [1.29, 1.82) is 0 Å². The predicted octanol–water partition coefficient (Wildman–Crippen LogP) is 2.53. The van der Waals surface area contributed by atoms with E-state index in [2.05, 4.69) is 9.93 Å². The number of alkyl halides is 2. The van der Waals surface area contributed by atoms with Gasteiger partial charge in [0.1, 0.15) is 6.61 Å². The van der Waals surface area contributed by atoms with E-state index in [1.165, 1.54) is 0 Å². The summed E-state index contributed by atoms with van der Waals surface area (Å²) in [6.45, 7) is 3.26. The van der Waals surface area contributed by atoms with E-state index in [0.717, 1.165) is 12.8 Å². The standard InChI is InChI=1S/C9H18Cl2O4/c1-9(12-6-2-4-10)8-14-15-13-7-3-5-11/h9H,2-8H2,1H3. The van der Waals surface area contributed by atoms with Crippen molar-refractivity contribution in [3.05, 3.63) is 0 Å². The van der Waals surface area contributed by atoms with Crippen LogP contribution < -0.4 is 0 Å². The van der Waals surface area contributed by atoms with Crippen molar-refractivity contribution in [2.24, 2.45) is 0 Å². The van der Waals surface area contributed by atoms with Gasteiger partial charge in [0.25, 0.3) is 0 Å². The molecule has 0 saturated heterocycles. The van der Waals surface area contributed by atoms with Crippen molar-refractivity contribution in [3.63, 3.8) is 0 Å². The van der Waals surface area contributed by atoms with Gasteiger partial charge in [-0.15, -0.1) is 23.2 Å². The molecule has 15 heavy (non-hydrogen) atoms. The number of ether oxygens (including phenoxy) is 1. The number of rotatable bonds is 11. The molecular formula is C9H18Cl2O4. The Hall–Kier alpha value is 0.420. The summed E-state index contributed by atoms with van der Waals surface area (Å²) in [4.78, 5) is 9.42. The Morgan fingerprint density at radius 2 is 1.67 bits per heavy atom. The van der Waals surface area contributed by atoms with E-state index in [9.17, 15) is 0 Å². The Bertz CT molecular complexity index is 127. The number of hydrogen-bond donors (Lipinski definition) is 0. The fourth-order valence-corrected chi connectivity index (χ4v) is 0.911. The van der Waals surface area contributed by atoms with Crippen molar-refractivity contribution < 1.29 is 19.6 Å². The van der Waals surface area contributed by atoms with Crippen LogP contribution in [-0.4, -0.2) is 37.7 Å². The highest BCUT2D eigenvalue weighted by Gasteiger charge is 2.02. The third-order valence-electron chi connectivity index (χ3n) is 1.44. The molecule has 0 heterocycles. The van der Waals surface area contributed by atoms with Gasteiger partial charge in [0.05, 0.1) is 12.7 Å². The van der Waals surface area contributed by atoms with E-state index in [4.69, 9.17) is 32.8 Å². The van der Waals surface area contributed by atoms with Crippen molar-refractivity contribution in [3.8, 4) is 0 Å². The minimum Gasteiger partial charge on any atom is -0.376 e. The first-order chi connectivity index (χ1) is 7.31. The Balaban J connectivity index is 3.06. The second-order valence-corrected chi connectivity index (χ2v) is 3.70. The zero-order valence-electron chi connectivity index (χ0n) is 8.92. The monoisotopic (exact) mass is 260 g/mol. The number of hydrogen-bond acceptors (Lipinski definition) is 4. The molecule has 0 amide bonds. The van der Waals surface area contributed by atoms with Gasteiger partial charge in [-0.05, 0) is 19.8 Å². The molecule has 1 unspecified atom stereocenters. The highest BCUT2D eigenvalue weighted by molar-refractivity contribution is 6.18. The summed E-state index contributed by atoms with van der Waals surface area (Å²) in [6.07, 6.45) is 1.52.